The molecule has 2 nitrogen and oxygen atoms in total. The third kappa shape index (κ3) is 0.828. The number of rotatable bonds is 0. The molecule has 60 valence electrons. The molecule has 1 N–H and O–H groups in total. The summed E-state index contributed by atoms with van der Waals surface area (Å²) in [6, 6.07) is 0. The topological polar surface area (TPSA) is 37.3 Å². The van der Waals surface area contributed by atoms with Gasteiger partial charge in [0.2, 0.25) is 5.78 Å². The zero-order chi connectivity index (χ0) is 8.22. The average Bonchev–Trinajstić information content (AvgIpc) is 2.46. The fraction of sp³-hybridized carbons (Fsp3) is 0.571. The van der Waals surface area contributed by atoms with Gasteiger partial charge in [-0.25, -0.2) is 0 Å². The lowest BCUT2D eigenvalue weighted by atomic mass is 10.1. The summed E-state index contributed by atoms with van der Waals surface area (Å²) >= 11 is 11.5. The molecule has 2 aliphatic carbocycles. The molecule has 0 heterocycles. The van der Waals surface area contributed by atoms with Gasteiger partial charge in [-0.2, -0.15) is 0 Å². The third-order valence-corrected chi connectivity index (χ3v) is 3.33. The van der Waals surface area contributed by atoms with Gasteiger partial charge in [0.05, 0.1) is 5.92 Å². The predicted octanol–water partition coefficient (Wildman–Crippen LogP) is 1.82. The van der Waals surface area contributed by atoms with Crippen molar-refractivity contribution in [2.45, 2.75) is 10.8 Å². The minimum Gasteiger partial charge on any atom is -0.505 e. The Labute approximate surface area is 73.8 Å². The smallest absolute Gasteiger partial charge is 0.203 e. The van der Waals surface area contributed by atoms with E-state index in [0.717, 1.165) is 0 Å². The molecule has 1 saturated carbocycles. The minimum absolute atomic E-state index is 0.0224. The second-order valence-corrected chi connectivity index (χ2v) is 4.39. The molecule has 0 bridgehead atoms. The van der Waals surface area contributed by atoms with Crippen LogP contribution in [0.5, 0.6) is 0 Å². The summed E-state index contributed by atoms with van der Waals surface area (Å²) in [5, 5.41) is 9.00. The van der Waals surface area contributed by atoms with E-state index >= 15 is 0 Å². The summed E-state index contributed by atoms with van der Waals surface area (Å²) in [6.45, 7) is 0. The summed E-state index contributed by atoms with van der Waals surface area (Å²) < 4.78 is -0.919. The van der Waals surface area contributed by atoms with Crippen LogP contribution in [-0.2, 0) is 4.79 Å². The summed E-state index contributed by atoms with van der Waals surface area (Å²) in [6.07, 6.45) is 2.09. The van der Waals surface area contributed by atoms with Crippen molar-refractivity contribution >= 4 is 29.0 Å². The van der Waals surface area contributed by atoms with E-state index in [-0.39, 0.29) is 23.4 Å². The normalized spacial score (nSPS) is 39.5. The number of hydrogen-bond donors (Lipinski definition) is 1. The second-order valence-electron chi connectivity index (χ2n) is 2.95. The van der Waals surface area contributed by atoms with Crippen LogP contribution in [0.4, 0.5) is 0 Å². The maximum atomic E-state index is 11.1. The van der Waals surface area contributed by atoms with E-state index in [9.17, 15) is 4.79 Å². The standard InChI is InChI=1S/C7H6Cl2O2/c8-7(9)3-1-2-4(10)6(11)5(3)7/h2-3,5,10H,1H2/t3-,5-/m1/s1. The highest BCUT2D eigenvalue weighted by Gasteiger charge is 2.67. The number of fused-ring (bicyclic) bond motifs is 1. The van der Waals surface area contributed by atoms with E-state index in [1.165, 1.54) is 6.08 Å². The zero-order valence-electron chi connectivity index (χ0n) is 5.55. The average molecular weight is 193 g/mol. The molecule has 2 rings (SSSR count). The van der Waals surface area contributed by atoms with Gasteiger partial charge in [-0.15, -0.1) is 23.2 Å². The molecule has 11 heavy (non-hydrogen) atoms. The molecule has 0 amide bonds. The van der Waals surface area contributed by atoms with Crippen molar-refractivity contribution in [2.24, 2.45) is 11.8 Å². The number of carbonyl (C=O) groups is 1. The second kappa shape index (κ2) is 1.93. The molecule has 0 spiro atoms. The first-order chi connectivity index (χ1) is 5.05. The van der Waals surface area contributed by atoms with E-state index in [4.69, 9.17) is 28.3 Å². The van der Waals surface area contributed by atoms with Gasteiger partial charge < -0.3 is 5.11 Å². The van der Waals surface area contributed by atoms with Gasteiger partial charge in [-0.1, -0.05) is 0 Å². The lowest BCUT2D eigenvalue weighted by Crippen LogP contribution is -2.11. The maximum Gasteiger partial charge on any atom is 0.203 e. The quantitative estimate of drug-likeness (QED) is 0.595. The van der Waals surface area contributed by atoms with E-state index in [1.54, 1.807) is 0 Å². The lowest BCUT2D eigenvalue weighted by Gasteiger charge is -2.01. The van der Waals surface area contributed by atoms with Crippen LogP contribution in [0.3, 0.4) is 0 Å². The number of aliphatic hydroxyl groups is 1. The number of halogens is 2. The molecule has 0 aromatic heterocycles. The van der Waals surface area contributed by atoms with Gasteiger partial charge in [0.15, 0.2) is 5.76 Å². The molecule has 0 radical (unpaired) electrons. The number of aliphatic hydroxyl groups excluding tert-OH is 1. The van der Waals surface area contributed by atoms with Crippen LogP contribution in [0, 0.1) is 11.8 Å². The molecule has 0 aromatic rings. The van der Waals surface area contributed by atoms with Crippen molar-refractivity contribution in [3.8, 4) is 0 Å². The highest BCUT2D eigenvalue weighted by Crippen LogP contribution is 2.63. The molecule has 0 unspecified atom stereocenters. The van der Waals surface area contributed by atoms with Crippen LogP contribution in [-0.4, -0.2) is 15.2 Å². The van der Waals surface area contributed by atoms with Crippen molar-refractivity contribution in [2.75, 3.05) is 0 Å². The SMILES string of the molecule is O=C1C(O)=CC[C@@H]2[C@H]1C2(Cl)Cl. The first-order valence-electron chi connectivity index (χ1n) is 3.36. The Morgan fingerprint density at radius 3 is 2.82 bits per heavy atom. The van der Waals surface area contributed by atoms with Gasteiger partial charge in [0.25, 0.3) is 0 Å². The number of alkyl halides is 2. The number of hydrogen-bond acceptors (Lipinski definition) is 2. The molecule has 0 saturated heterocycles. The third-order valence-electron chi connectivity index (χ3n) is 2.30. The van der Waals surface area contributed by atoms with Crippen molar-refractivity contribution in [1.82, 2.24) is 0 Å². The van der Waals surface area contributed by atoms with Gasteiger partial charge >= 0.3 is 0 Å². The lowest BCUT2D eigenvalue weighted by molar-refractivity contribution is -0.119. The van der Waals surface area contributed by atoms with Crippen LogP contribution in [0.15, 0.2) is 11.8 Å². The van der Waals surface area contributed by atoms with Gasteiger partial charge in [-0.05, 0) is 12.5 Å². The first kappa shape index (κ1) is 7.44. The number of carbonyl (C=O) groups excluding carboxylic acids is 1. The first-order valence-corrected chi connectivity index (χ1v) is 4.12. The van der Waals surface area contributed by atoms with Crippen LogP contribution in [0.2, 0.25) is 0 Å². The molecular weight excluding hydrogens is 187 g/mol. The van der Waals surface area contributed by atoms with E-state index in [0.29, 0.717) is 6.42 Å². The highest BCUT2D eigenvalue weighted by atomic mass is 35.5. The van der Waals surface area contributed by atoms with Crippen LogP contribution >= 0.6 is 23.2 Å². The molecule has 0 aromatic carbocycles. The number of allylic oxidation sites excluding steroid dienone is 2. The van der Waals surface area contributed by atoms with Crippen LogP contribution in [0.1, 0.15) is 6.42 Å². The Morgan fingerprint density at radius 2 is 2.27 bits per heavy atom. The van der Waals surface area contributed by atoms with Gasteiger partial charge in [0, 0.05) is 5.92 Å². The van der Waals surface area contributed by atoms with Gasteiger partial charge in [0.1, 0.15) is 4.33 Å². The Bertz CT molecular complexity index is 257. The van der Waals surface area contributed by atoms with Crippen molar-refractivity contribution < 1.29 is 9.90 Å². The predicted molar refractivity (Wildman–Crippen MR) is 41.8 cm³/mol. The van der Waals surface area contributed by atoms with Crippen LogP contribution < -0.4 is 0 Å². The van der Waals surface area contributed by atoms with Crippen LogP contribution in [0.25, 0.3) is 0 Å². The summed E-state index contributed by atoms with van der Waals surface area (Å²) in [5.74, 6) is -0.842. The van der Waals surface area contributed by atoms with Crippen molar-refractivity contribution in [3.05, 3.63) is 11.8 Å². The fourth-order valence-electron chi connectivity index (χ4n) is 1.54. The van der Waals surface area contributed by atoms with E-state index in [1.807, 2.05) is 0 Å². The van der Waals surface area contributed by atoms with Crippen molar-refractivity contribution in [3.63, 3.8) is 0 Å². The van der Waals surface area contributed by atoms with Crippen molar-refractivity contribution in [1.29, 1.82) is 0 Å². The van der Waals surface area contributed by atoms with E-state index in [2.05, 4.69) is 0 Å². The Morgan fingerprint density at radius 1 is 1.64 bits per heavy atom. The molecule has 1 fully saturated rings. The molecule has 2 atom stereocenters. The zero-order valence-corrected chi connectivity index (χ0v) is 7.06. The minimum atomic E-state index is -0.919. The Kier molecular flexibility index (Phi) is 1.31. The molecular formula is C7H6Cl2O2. The Balaban J connectivity index is 2.29. The molecule has 0 aliphatic heterocycles. The number of ketones is 1. The van der Waals surface area contributed by atoms with Gasteiger partial charge in [-0.3, -0.25) is 4.79 Å². The number of Topliss-reactive ketones (excluding diaryl/α,β-unsaturated/α-hetero) is 1. The maximum absolute atomic E-state index is 11.1. The largest absolute Gasteiger partial charge is 0.505 e. The molecule has 4 heteroatoms. The fourth-order valence-corrected chi connectivity index (χ4v) is 2.35. The monoisotopic (exact) mass is 192 g/mol. The van der Waals surface area contributed by atoms with E-state index < -0.39 is 4.33 Å². The molecule has 2 aliphatic rings. The summed E-state index contributed by atoms with van der Waals surface area (Å²) in [4.78, 5) is 11.1. The summed E-state index contributed by atoms with van der Waals surface area (Å²) in [7, 11) is 0. The Hall–Kier alpha value is -0.210. The highest BCUT2D eigenvalue weighted by molar-refractivity contribution is 6.53. The summed E-state index contributed by atoms with van der Waals surface area (Å²) in [5.41, 5.74) is 0.